The molecule has 3 N–H and O–H groups in total. The van der Waals surface area contributed by atoms with Crippen LogP contribution in [0, 0.1) is 0 Å². The third-order valence-corrected chi connectivity index (χ3v) is 6.14. The van der Waals surface area contributed by atoms with Crippen LogP contribution < -0.4 is 15.4 Å². The SMILES string of the molecule is CN(c1ccccc1)S(=O)(=O)c1ccccc1C(=O)Nc1cccc(C(N)=O)c1. The first-order valence-electron chi connectivity index (χ1n) is 8.65. The van der Waals surface area contributed by atoms with Crippen LogP contribution >= 0.6 is 0 Å². The second-order valence-corrected chi connectivity index (χ2v) is 8.14. The summed E-state index contributed by atoms with van der Waals surface area (Å²) in [5.74, 6) is -1.25. The Morgan fingerprint density at radius 1 is 0.897 bits per heavy atom. The highest BCUT2D eigenvalue weighted by Crippen LogP contribution is 2.25. The summed E-state index contributed by atoms with van der Waals surface area (Å²) in [5, 5.41) is 2.61. The first-order chi connectivity index (χ1) is 13.8. The number of primary amides is 1. The Morgan fingerprint density at radius 3 is 2.24 bits per heavy atom. The van der Waals surface area contributed by atoms with Crippen molar-refractivity contribution in [3.63, 3.8) is 0 Å². The maximum Gasteiger partial charge on any atom is 0.264 e. The van der Waals surface area contributed by atoms with Gasteiger partial charge in [-0.3, -0.25) is 13.9 Å². The van der Waals surface area contributed by atoms with Crippen molar-refractivity contribution < 1.29 is 18.0 Å². The Labute approximate surface area is 168 Å². The minimum atomic E-state index is -3.98. The van der Waals surface area contributed by atoms with Gasteiger partial charge < -0.3 is 11.1 Å². The zero-order chi connectivity index (χ0) is 21.0. The van der Waals surface area contributed by atoms with Gasteiger partial charge in [0, 0.05) is 18.3 Å². The lowest BCUT2D eigenvalue weighted by atomic mass is 10.1. The fourth-order valence-electron chi connectivity index (χ4n) is 2.75. The van der Waals surface area contributed by atoms with E-state index in [1.807, 2.05) is 0 Å². The van der Waals surface area contributed by atoms with Crippen LogP contribution in [0.3, 0.4) is 0 Å². The number of rotatable bonds is 6. The molecule has 0 aromatic heterocycles. The number of carbonyl (C=O) groups excluding carboxylic acids is 2. The Bertz CT molecular complexity index is 1160. The first kappa shape index (κ1) is 20.1. The van der Waals surface area contributed by atoms with Gasteiger partial charge in [-0.05, 0) is 42.5 Å². The summed E-state index contributed by atoms with van der Waals surface area (Å²) in [6.07, 6.45) is 0. The van der Waals surface area contributed by atoms with Gasteiger partial charge in [0.1, 0.15) is 4.90 Å². The number of para-hydroxylation sites is 1. The van der Waals surface area contributed by atoms with Crippen LogP contribution in [0.4, 0.5) is 11.4 Å². The second kappa shape index (κ2) is 8.15. The molecule has 148 valence electrons. The molecule has 0 atom stereocenters. The van der Waals surface area contributed by atoms with Crippen molar-refractivity contribution in [3.8, 4) is 0 Å². The van der Waals surface area contributed by atoms with E-state index in [1.54, 1.807) is 54.6 Å². The fraction of sp³-hybridized carbons (Fsp3) is 0.0476. The van der Waals surface area contributed by atoms with Gasteiger partial charge in [-0.2, -0.15) is 0 Å². The molecule has 29 heavy (non-hydrogen) atoms. The van der Waals surface area contributed by atoms with E-state index in [4.69, 9.17) is 5.73 Å². The van der Waals surface area contributed by atoms with E-state index in [0.717, 1.165) is 4.31 Å². The minimum absolute atomic E-state index is 0.0141. The third kappa shape index (κ3) is 4.27. The molecule has 0 fully saturated rings. The zero-order valence-electron chi connectivity index (χ0n) is 15.6. The Morgan fingerprint density at radius 2 is 1.55 bits per heavy atom. The molecular formula is C21H19N3O4S. The first-order valence-corrected chi connectivity index (χ1v) is 10.1. The van der Waals surface area contributed by atoms with Gasteiger partial charge >= 0.3 is 0 Å². The van der Waals surface area contributed by atoms with Crippen LogP contribution in [0.1, 0.15) is 20.7 Å². The highest BCUT2D eigenvalue weighted by molar-refractivity contribution is 7.92. The molecule has 3 aromatic carbocycles. The summed E-state index contributed by atoms with van der Waals surface area (Å²) in [5.41, 5.74) is 6.27. The molecule has 0 saturated heterocycles. The van der Waals surface area contributed by atoms with E-state index < -0.39 is 21.8 Å². The van der Waals surface area contributed by atoms with Crippen molar-refractivity contribution in [1.29, 1.82) is 0 Å². The van der Waals surface area contributed by atoms with Crippen LogP contribution in [0.5, 0.6) is 0 Å². The molecule has 7 nitrogen and oxygen atoms in total. The predicted molar refractivity (Wildman–Crippen MR) is 111 cm³/mol. The molecule has 0 aliphatic rings. The lowest BCUT2D eigenvalue weighted by molar-refractivity contribution is 0.0995. The summed E-state index contributed by atoms with van der Waals surface area (Å²) in [7, 11) is -2.56. The number of amides is 2. The molecule has 3 rings (SSSR count). The monoisotopic (exact) mass is 409 g/mol. The summed E-state index contributed by atoms with van der Waals surface area (Å²) >= 11 is 0. The molecule has 0 spiro atoms. The van der Waals surface area contributed by atoms with E-state index in [-0.39, 0.29) is 16.0 Å². The fourth-order valence-corrected chi connectivity index (χ4v) is 4.14. The number of carbonyl (C=O) groups is 2. The highest BCUT2D eigenvalue weighted by Gasteiger charge is 2.26. The molecule has 0 aliphatic heterocycles. The van der Waals surface area contributed by atoms with Gasteiger partial charge in [0.05, 0.1) is 11.3 Å². The molecular weight excluding hydrogens is 390 g/mol. The van der Waals surface area contributed by atoms with E-state index >= 15 is 0 Å². The molecule has 0 bridgehead atoms. The van der Waals surface area contributed by atoms with Crippen LogP contribution in [0.2, 0.25) is 0 Å². The molecule has 0 radical (unpaired) electrons. The van der Waals surface area contributed by atoms with Gasteiger partial charge in [0.15, 0.2) is 0 Å². The highest BCUT2D eigenvalue weighted by atomic mass is 32.2. The quantitative estimate of drug-likeness (QED) is 0.652. The van der Waals surface area contributed by atoms with Gasteiger partial charge in [-0.15, -0.1) is 0 Å². The Hall–Kier alpha value is -3.65. The number of hydrogen-bond donors (Lipinski definition) is 2. The molecule has 8 heteroatoms. The number of hydrogen-bond acceptors (Lipinski definition) is 4. The van der Waals surface area contributed by atoms with Crippen molar-refractivity contribution in [2.24, 2.45) is 5.73 Å². The van der Waals surface area contributed by atoms with Gasteiger partial charge in [-0.25, -0.2) is 8.42 Å². The topological polar surface area (TPSA) is 110 Å². The van der Waals surface area contributed by atoms with Crippen LogP contribution in [-0.2, 0) is 10.0 Å². The number of nitrogens with one attached hydrogen (secondary N) is 1. The van der Waals surface area contributed by atoms with Crippen molar-refractivity contribution in [2.45, 2.75) is 4.90 Å². The summed E-state index contributed by atoms with van der Waals surface area (Å²) in [4.78, 5) is 24.0. The van der Waals surface area contributed by atoms with E-state index in [9.17, 15) is 18.0 Å². The minimum Gasteiger partial charge on any atom is -0.366 e. The Kier molecular flexibility index (Phi) is 5.65. The Balaban J connectivity index is 1.95. The zero-order valence-corrected chi connectivity index (χ0v) is 16.4. The maximum absolute atomic E-state index is 13.1. The molecule has 2 amide bonds. The summed E-state index contributed by atoms with van der Waals surface area (Å²) < 4.78 is 27.4. The number of nitrogens with two attached hydrogens (primary N) is 1. The van der Waals surface area contributed by atoms with E-state index in [0.29, 0.717) is 11.4 Å². The molecule has 0 saturated carbocycles. The van der Waals surface area contributed by atoms with Crippen LogP contribution in [-0.4, -0.2) is 27.3 Å². The van der Waals surface area contributed by atoms with Gasteiger partial charge in [0.25, 0.3) is 15.9 Å². The third-order valence-electron chi connectivity index (χ3n) is 4.29. The second-order valence-electron chi connectivity index (χ2n) is 6.20. The van der Waals surface area contributed by atoms with Crippen molar-refractivity contribution >= 4 is 33.2 Å². The molecule has 0 aliphatic carbocycles. The largest absolute Gasteiger partial charge is 0.366 e. The van der Waals surface area contributed by atoms with Crippen LogP contribution in [0.25, 0.3) is 0 Å². The van der Waals surface area contributed by atoms with E-state index in [1.165, 1.54) is 31.3 Å². The van der Waals surface area contributed by atoms with Crippen molar-refractivity contribution in [1.82, 2.24) is 0 Å². The number of benzene rings is 3. The molecule has 0 unspecified atom stereocenters. The maximum atomic E-state index is 13.1. The summed E-state index contributed by atoms with van der Waals surface area (Å²) in [6.45, 7) is 0. The van der Waals surface area contributed by atoms with Crippen LogP contribution in [0.15, 0.2) is 83.8 Å². The number of nitrogens with zero attached hydrogens (tertiary/aromatic N) is 1. The summed E-state index contributed by atoms with van der Waals surface area (Å²) in [6, 6.07) is 20.6. The number of sulfonamides is 1. The average Bonchev–Trinajstić information content (AvgIpc) is 2.74. The standard InChI is InChI=1S/C21H19N3O4S/c1-24(17-10-3-2-4-11-17)29(27,28)19-13-6-5-12-18(19)21(26)23-16-9-7-8-15(14-16)20(22)25/h2-14H,1H3,(H2,22,25)(H,23,26). The number of anilines is 2. The predicted octanol–water partition coefficient (Wildman–Crippen LogP) is 2.86. The lowest BCUT2D eigenvalue weighted by Crippen LogP contribution is -2.29. The lowest BCUT2D eigenvalue weighted by Gasteiger charge is -2.21. The molecule has 3 aromatic rings. The van der Waals surface area contributed by atoms with E-state index in [2.05, 4.69) is 5.32 Å². The van der Waals surface area contributed by atoms with Crippen molar-refractivity contribution in [2.75, 3.05) is 16.7 Å². The smallest absolute Gasteiger partial charge is 0.264 e. The van der Waals surface area contributed by atoms with Gasteiger partial charge in [0.2, 0.25) is 5.91 Å². The van der Waals surface area contributed by atoms with Gasteiger partial charge in [-0.1, -0.05) is 36.4 Å². The average molecular weight is 409 g/mol. The van der Waals surface area contributed by atoms with Crippen molar-refractivity contribution in [3.05, 3.63) is 90.0 Å². The normalized spacial score (nSPS) is 10.9. The molecule has 0 heterocycles.